The number of rotatable bonds is 12. The Morgan fingerprint density at radius 1 is 1.17 bits per heavy atom. The number of amides is 2. The minimum absolute atomic E-state index is 0.0548. The maximum absolute atomic E-state index is 14.1. The third-order valence-electron chi connectivity index (χ3n) is 11.0. The van der Waals surface area contributed by atoms with Crippen LogP contribution in [-0.4, -0.2) is 97.2 Å². The molecule has 4 N–H and O–H groups in total. The van der Waals surface area contributed by atoms with Crippen molar-refractivity contribution in [3.8, 4) is 16.9 Å². The Bertz CT molecular complexity index is 1400. The van der Waals surface area contributed by atoms with Crippen LogP contribution in [0.5, 0.6) is 5.75 Å². The smallest absolute Gasteiger partial charge is 0.251 e. The molecule has 0 spiro atoms. The van der Waals surface area contributed by atoms with Crippen molar-refractivity contribution >= 4 is 11.8 Å². The van der Waals surface area contributed by atoms with Crippen LogP contribution in [0.15, 0.2) is 42.5 Å². The van der Waals surface area contributed by atoms with E-state index < -0.39 is 24.2 Å². The van der Waals surface area contributed by atoms with Crippen LogP contribution in [0.2, 0.25) is 0 Å². The van der Waals surface area contributed by atoms with Gasteiger partial charge in [-0.2, -0.15) is 5.06 Å². The highest BCUT2D eigenvalue weighted by Crippen LogP contribution is 2.61. The number of nitrogens with zero attached hydrogens (tertiary/aromatic N) is 2. The zero-order valence-electron chi connectivity index (χ0n) is 28.3. The molecule has 0 radical (unpaired) electrons. The molecule has 2 aromatic carbocycles. The van der Waals surface area contributed by atoms with Crippen LogP contribution in [-0.2, 0) is 16.2 Å². The number of nitrogens with one attached hydrogen (secondary N) is 2. The minimum atomic E-state index is -0.881. The molecular formula is C36H52N4O6. The molecule has 1 saturated heterocycles. The van der Waals surface area contributed by atoms with Gasteiger partial charge in [0.25, 0.3) is 5.91 Å². The molecule has 10 nitrogen and oxygen atoms in total. The zero-order chi connectivity index (χ0) is 33.3. The van der Waals surface area contributed by atoms with E-state index in [0.717, 1.165) is 29.7 Å². The molecule has 3 saturated carbocycles. The first-order chi connectivity index (χ1) is 21.9. The first-order valence-electron chi connectivity index (χ1n) is 16.6. The van der Waals surface area contributed by atoms with Gasteiger partial charge in [0, 0.05) is 41.7 Å². The van der Waals surface area contributed by atoms with Crippen molar-refractivity contribution in [2.24, 2.45) is 29.1 Å². The average molecular weight is 637 g/mol. The van der Waals surface area contributed by atoms with Gasteiger partial charge in [0.05, 0.1) is 26.4 Å². The van der Waals surface area contributed by atoms with Crippen LogP contribution in [0.3, 0.4) is 0 Å². The Hall–Kier alpha value is -3.02. The summed E-state index contributed by atoms with van der Waals surface area (Å²) < 4.78 is 5.94. The lowest BCUT2D eigenvalue weighted by Crippen LogP contribution is -2.62. The van der Waals surface area contributed by atoms with Crippen molar-refractivity contribution in [2.45, 2.75) is 71.4 Å². The van der Waals surface area contributed by atoms with Gasteiger partial charge >= 0.3 is 0 Å². The highest BCUT2D eigenvalue weighted by Gasteiger charge is 2.57. The van der Waals surface area contributed by atoms with Gasteiger partial charge < -0.3 is 30.5 Å². The second kappa shape index (κ2) is 14.0. The lowest BCUT2D eigenvalue weighted by molar-refractivity contribution is -0.183. The molecule has 4 aliphatic rings. The number of aliphatic hydroxyl groups excluding tert-OH is 2. The lowest BCUT2D eigenvalue weighted by Gasteiger charge is -2.62. The maximum atomic E-state index is 14.1. The van der Waals surface area contributed by atoms with Crippen LogP contribution in [0.1, 0.15) is 56.5 Å². The Kier molecular flexibility index (Phi) is 10.4. The van der Waals surface area contributed by atoms with Crippen LogP contribution in [0, 0.1) is 29.1 Å². The van der Waals surface area contributed by atoms with E-state index in [-0.39, 0.29) is 31.0 Å². The van der Waals surface area contributed by atoms with Crippen LogP contribution in [0.25, 0.3) is 11.1 Å². The number of hydrogen-bond acceptors (Lipinski definition) is 8. The molecule has 0 aromatic heterocycles. The standard InChI is InChI=1S/C36H52N4O6/c1-21-28-17-26(36(28,3)4)18-29(21)38-35(44)32-31(22(2)42)30(20-41)46-40(32)19-25-12-9-13-27(33(25)45-7)23-10-8-11-24(16-23)34(43)37-14-15-39(5)6/h8-13,16,21-22,26,28-32,41-42H,14-15,17-20H2,1-7H3,(H,37,43)(H,38,44)/t21-,22-,26+,28-,29-,30-,31-,32-/m0/s1. The van der Waals surface area contributed by atoms with Crippen LogP contribution < -0.4 is 15.4 Å². The van der Waals surface area contributed by atoms with Crippen LogP contribution in [0.4, 0.5) is 0 Å². The summed E-state index contributed by atoms with van der Waals surface area (Å²) in [6.07, 6.45) is 0.537. The van der Waals surface area contributed by atoms with Crippen molar-refractivity contribution in [3.63, 3.8) is 0 Å². The molecule has 2 aromatic rings. The third kappa shape index (κ3) is 6.69. The fraction of sp³-hybridized carbons (Fsp3) is 0.611. The van der Waals surface area contributed by atoms with Gasteiger partial charge in [-0.3, -0.25) is 14.4 Å². The molecule has 0 unspecified atom stereocenters. The van der Waals surface area contributed by atoms with Gasteiger partial charge in [-0.1, -0.05) is 51.1 Å². The fourth-order valence-electron chi connectivity index (χ4n) is 8.15. The summed E-state index contributed by atoms with van der Waals surface area (Å²) in [5.41, 5.74) is 3.23. The predicted octanol–water partition coefficient (Wildman–Crippen LogP) is 3.31. The molecule has 1 heterocycles. The van der Waals surface area contributed by atoms with E-state index in [0.29, 0.717) is 41.0 Å². The summed E-state index contributed by atoms with van der Waals surface area (Å²) in [5, 5.41) is 28.9. The number of benzene rings is 2. The molecule has 3 aliphatic carbocycles. The van der Waals surface area contributed by atoms with Gasteiger partial charge in [0.2, 0.25) is 5.91 Å². The summed E-state index contributed by atoms with van der Waals surface area (Å²) in [4.78, 5) is 35.1. The molecule has 2 bridgehead atoms. The summed E-state index contributed by atoms with van der Waals surface area (Å²) in [6, 6.07) is 12.4. The number of para-hydroxylation sites is 1. The third-order valence-corrected chi connectivity index (χ3v) is 11.0. The average Bonchev–Trinajstić information content (AvgIpc) is 3.40. The number of likely N-dealkylation sites (N-methyl/N-ethyl adjacent to an activating group) is 1. The quantitative estimate of drug-likeness (QED) is 0.280. The molecule has 1 aliphatic heterocycles. The Balaban J connectivity index is 1.39. The van der Waals surface area contributed by atoms with Crippen molar-refractivity contribution in [3.05, 3.63) is 53.6 Å². The highest BCUT2D eigenvalue weighted by atomic mass is 16.7. The van der Waals surface area contributed by atoms with E-state index in [9.17, 15) is 19.8 Å². The molecule has 2 amide bonds. The lowest BCUT2D eigenvalue weighted by atomic mass is 9.45. The van der Waals surface area contributed by atoms with E-state index in [1.54, 1.807) is 25.2 Å². The number of hydroxylamine groups is 2. The van der Waals surface area contributed by atoms with E-state index in [2.05, 4.69) is 31.4 Å². The highest BCUT2D eigenvalue weighted by molar-refractivity contribution is 5.95. The maximum Gasteiger partial charge on any atom is 0.251 e. The first-order valence-corrected chi connectivity index (χ1v) is 16.6. The van der Waals surface area contributed by atoms with E-state index >= 15 is 0 Å². The molecule has 252 valence electrons. The van der Waals surface area contributed by atoms with Crippen molar-refractivity contribution in [1.29, 1.82) is 0 Å². The van der Waals surface area contributed by atoms with Crippen molar-refractivity contribution in [1.82, 2.24) is 20.6 Å². The van der Waals surface area contributed by atoms with Gasteiger partial charge in [0.15, 0.2) is 0 Å². The summed E-state index contributed by atoms with van der Waals surface area (Å²) >= 11 is 0. The first kappa shape index (κ1) is 34.3. The molecule has 46 heavy (non-hydrogen) atoms. The second-order valence-corrected chi connectivity index (χ2v) is 14.4. The normalized spacial score (nSPS) is 29.2. The predicted molar refractivity (Wildman–Crippen MR) is 177 cm³/mol. The summed E-state index contributed by atoms with van der Waals surface area (Å²) in [7, 11) is 5.52. The second-order valence-electron chi connectivity index (χ2n) is 14.4. The number of fused-ring (bicyclic) bond motifs is 2. The zero-order valence-corrected chi connectivity index (χ0v) is 28.3. The number of carbonyl (C=O) groups excluding carboxylic acids is 2. The van der Waals surface area contributed by atoms with E-state index in [1.165, 1.54) is 6.42 Å². The molecule has 8 atom stereocenters. The number of ether oxygens (including phenoxy) is 1. The van der Waals surface area contributed by atoms with Crippen LogP contribution >= 0.6 is 0 Å². The van der Waals surface area contributed by atoms with Gasteiger partial charge in [-0.25, -0.2) is 0 Å². The van der Waals surface area contributed by atoms with Crippen molar-refractivity contribution in [2.75, 3.05) is 40.9 Å². The monoisotopic (exact) mass is 636 g/mol. The topological polar surface area (TPSA) is 124 Å². The number of methoxy groups -OCH3 is 1. The fourth-order valence-corrected chi connectivity index (χ4v) is 8.15. The molecule has 4 fully saturated rings. The largest absolute Gasteiger partial charge is 0.496 e. The van der Waals surface area contributed by atoms with E-state index in [4.69, 9.17) is 9.57 Å². The number of carbonyl (C=O) groups is 2. The molecule has 6 rings (SSSR count). The minimum Gasteiger partial charge on any atom is -0.496 e. The van der Waals surface area contributed by atoms with Gasteiger partial charge in [0.1, 0.15) is 17.9 Å². The summed E-state index contributed by atoms with van der Waals surface area (Å²) in [5.74, 6) is 1.14. The number of aliphatic hydroxyl groups is 2. The molecular weight excluding hydrogens is 584 g/mol. The molecule has 10 heteroatoms. The van der Waals surface area contributed by atoms with Gasteiger partial charge in [-0.05, 0) is 74.7 Å². The summed E-state index contributed by atoms with van der Waals surface area (Å²) in [6.45, 7) is 9.70. The number of hydrogen-bond donors (Lipinski definition) is 4. The van der Waals surface area contributed by atoms with E-state index in [1.807, 2.05) is 55.4 Å². The van der Waals surface area contributed by atoms with Gasteiger partial charge in [-0.15, -0.1) is 0 Å². The van der Waals surface area contributed by atoms with Crippen molar-refractivity contribution < 1.29 is 29.4 Å². The Morgan fingerprint density at radius 3 is 2.54 bits per heavy atom. The SMILES string of the molecule is COc1c(CN2O[C@@H](CO)[C@H]([C@H](C)O)[C@H]2C(=O)N[C@H]2C[C@H]3C[C@@H]([C@@H]2C)C3(C)C)cccc1-c1cccc(C(=O)NCCN(C)C)c1. The Labute approximate surface area is 273 Å². The Morgan fingerprint density at radius 2 is 1.91 bits per heavy atom.